The molecule has 0 spiro atoms. The Morgan fingerprint density at radius 1 is 0.485 bits per heavy atom. The number of rotatable bonds is 26. The van der Waals surface area contributed by atoms with Crippen LogP contribution in [0.4, 0.5) is 11.4 Å². The van der Waals surface area contributed by atoms with E-state index in [4.69, 9.17) is 18.9 Å². The van der Waals surface area contributed by atoms with Crippen molar-refractivity contribution in [3.8, 4) is 23.0 Å². The number of aryl methyl sites for hydroxylation is 2. The van der Waals surface area contributed by atoms with Crippen molar-refractivity contribution in [3.05, 3.63) is 207 Å². The SMILES string of the molecule is COc1ccc([C@@H](CCCNS(=O)(=O)c2ccc(C)s2)N2C(=O)c3cccc(N4CCN([C@H](C)c5ccccc5)CC4)c3C2=O)cc1OC.COc1ccc([C@@H](CCCNS(=O)(=O)c2cnc(C)n2C)N2C(=O)c3cccc(N4CCN([C@H](C)c5ccccc5)CC4)c3C2=O)cc1OC. The molecule has 8 aromatic rings. The zero-order valence-electron chi connectivity index (χ0n) is 57.3. The third-order valence-corrected chi connectivity index (χ3v) is 23.8. The van der Waals surface area contributed by atoms with E-state index in [-0.39, 0.29) is 58.0 Å². The molecule has 4 aliphatic rings. The molecule has 2 saturated heterocycles. The van der Waals surface area contributed by atoms with E-state index in [0.717, 1.165) is 55.5 Å². The largest absolute Gasteiger partial charge is 0.493 e. The lowest BCUT2D eigenvalue weighted by Crippen LogP contribution is -2.47. The van der Waals surface area contributed by atoms with Gasteiger partial charge in [-0.2, -0.15) is 0 Å². The van der Waals surface area contributed by atoms with Gasteiger partial charge in [0.15, 0.2) is 28.0 Å². The molecule has 4 amide bonds. The van der Waals surface area contributed by atoms with Gasteiger partial charge in [-0.3, -0.25) is 38.8 Å². The molecule has 6 aromatic carbocycles. The van der Waals surface area contributed by atoms with Gasteiger partial charge in [0.25, 0.3) is 33.7 Å². The van der Waals surface area contributed by atoms with Gasteiger partial charge in [0.1, 0.15) is 10.0 Å². The molecule has 99 heavy (non-hydrogen) atoms. The van der Waals surface area contributed by atoms with Crippen LogP contribution in [0.2, 0.25) is 0 Å². The van der Waals surface area contributed by atoms with Crippen molar-refractivity contribution in [3.63, 3.8) is 0 Å². The molecule has 0 saturated carbocycles. The molecule has 12 rings (SSSR count). The van der Waals surface area contributed by atoms with Gasteiger partial charge in [-0.25, -0.2) is 31.3 Å². The van der Waals surface area contributed by atoms with Gasteiger partial charge in [0.2, 0.25) is 10.0 Å². The number of fused-ring (bicyclic) bond motifs is 2. The van der Waals surface area contributed by atoms with Crippen molar-refractivity contribution in [2.45, 2.75) is 86.8 Å². The first-order chi connectivity index (χ1) is 47.7. The number of carbonyl (C=O) groups is 4. The van der Waals surface area contributed by atoms with E-state index in [1.807, 2.05) is 55.5 Å². The first-order valence-corrected chi connectivity index (χ1v) is 37.0. The lowest BCUT2D eigenvalue weighted by Gasteiger charge is -2.39. The smallest absolute Gasteiger partial charge is 0.264 e. The maximum absolute atomic E-state index is 14.4. The van der Waals surface area contributed by atoms with E-state index < -0.39 is 32.1 Å². The topological polar surface area (TPSA) is 235 Å². The molecule has 0 bridgehead atoms. The first kappa shape index (κ1) is 71.3. The normalized spacial score (nSPS) is 16.5. The van der Waals surface area contributed by atoms with Gasteiger partial charge in [0.05, 0.1) is 80.3 Å². The molecule has 2 aromatic heterocycles. The van der Waals surface area contributed by atoms with Crippen LogP contribution in [0.1, 0.15) is 138 Å². The number of anilines is 2. The highest BCUT2D eigenvalue weighted by atomic mass is 32.2. The number of thiophene rings is 1. The van der Waals surface area contributed by atoms with Crippen molar-refractivity contribution in [2.75, 3.05) is 104 Å². The molecule has 25 heteroatoms. The van der Waals surface area contributed by atoms with Gasteiger partial charge >= 0.3 is 0 Å². The number of carbonyl (C=O) groups excluding carboxylic acids is 4. The minimum Gasteiger partial charge on any atom is -0.493 e. The van der Waals surface area contributed by atoms with Crippen molar-refractivity contribution in [1.29, 1.82) is 0 Å². The average Bonchev–Trinajstić information content (AvgIpc) is 1.61. The van der Waals surface area contributed by atoms with Crippen LogP contribution in [0.15, 0.2) is 161 Å². The van der Waals surface area contributed by atoms with Crippen LogP contribution < -0.4 is 38.2 Å². The third-order valence-electron chi connectivity index (χ3n) is 19.4. The zero-order valence-corrected chi connectivity index (χ0v) is 59.8. The monoisotopic (exact) mass is 1400 g/mol. The number of aromatic nitrogens is 2. The fourth-order valence-electron chi connectivity index (χ4n) is 13.7. The molecule has 0 aliphatic carbocycles. The van der Waals surface area contributed by atoms with Gasteiger partial charge in [0, 0.05) is 89.5 Å². The summed E-state index contributed by atoms with van der Waals surface area (Å²) in [7, 11) is 0.296. The number of benzene rings is 6. The summed E-state index contributed by atoms with van der Waals surface area (Å²) in [5, 5.41) is 0.0645. The maximum Gasteiger partial charge on any atom is 0.264 e. The molecule has 22 nitrogen and oxygen atoms in total. The number of nitrogens with one attached hydrogen (secondary N) is 2. The van der Waals surface area contributed by atoms with Crippen LogP contribution in [0, 0.1) is 13.8 Å². The molecule has 4 atom stereocenters. The predicted molar refractivity (Wildman–Crippen MR) is 382 cm³/mol. The minimum absolute atomic E-state index is 0.0645. The lowest BCUT2D eigenvalue weighted by atomic mass is 9.99. The van der Waals surface area contributed by atoms with Crippen LogP contribution in [0.5, 0.6) is 23.0 Å². The number of hydrogen-bond acceptors (Lipinski definition) is 18. The summed E-state index contributed by atoms with van der Waals surface area (Å²) < 4.78 is 80.9. The third kappa shape index (κ3) is 15.1. The van der Waals surface area contributed by atoms with E-state index in [1.165, 1.54) is 57.2 Å². The van der Waals surface area contributed by atoms with E-state index in [2.05, 4.69) is 96.4 Å². The number of imidazole rings is 1. The number of ether oxygens (including phenoxy) is 4. The average molecular weight is 1400 g/mol. The predicted octanol–water partition coefficient (Wildman–Crippen LogP) is 10.8. The summed E-state index contributed by atoms with van der Waals surface area (Å²) in [6, 6.07) is 45.0. The van der Waals surface area contributed by atoms with Crippen LogP contribution in [0.3, 0.4) is 0 Å². The molecule has 0 unspecified atom stereocenters. The summed E-state index contributed by atoms with van der Waals surface area (Å²) in [6.45, 7) is 14.4. The van der Waals surface area contributed by atoms with Crippen molar-refractivity contribution in [1.82, 2.24) is 38.6 Å². The van der Waals surface area contributed by atoms with E-state index in [0.29, 0.717) is 101 Å². The van der Waals surface area contributed by atoms with Crippen molar-refractivity contribution in [2.24, 2.45) is 7.05 Å². The van der Waals surface area contributed by atoms with Crippen LogP contribution in [-0.4, -0.2) is 164 Å². The Hall–Kier alpha value is -8.95. The van der Waals surface area contributed by atoms with E-state index in [1.54, 1.807) is 76.7 Å². The maximum atomic E-state index is 14.4. The van der Waals surface area contributed by atoms with Crippen LogP contribution in [-0.2, 0) is 27.1 Å². The fraction of sp³-hybridized carbons (Fsp3) is 0.365. The Balaban J connectivity index is 0.000000200. The molecule has 2 N–H and O–H groups in total. The fourth-order valence-corrected chi connectivity index (χ4v) is 17.3. The Labute approximate surface area is 584 Å². The lowest BCUT2D eigenvalue weighted by molar-refractivity contribution is 0.0557. The van der Waals surface area contributed by atoms with Gasteiger partial charge in [-0.05, 0) is 136 Å². The second-order valence-electron chi connectivity index (χ2n) is 25.0. The Kier molecular flexibility index (Phi) is 22.4. The first-order valence-electron chi connectivity index (χ1n) is 33.3. The van der Waals surface area contributed by atoms with Crippen LogP contribution >= 0.6 is 11.3 Å². The summed E-state index contributed by atoms with van der Waals surface area (Å²) in [4.78, 5) is 74.0. The number of amides is 4. The number of piperazine rings is 2. The van der Waals surface area contributed by atoms with Gasteiger partial charge < -0.3 is 33.3 Å². The Bertz CT molecular complexity index is 4460. The highest BCUT2D eigenvalue weighted by molar-refractivity contribution is 7.91. The summed E-state index contributed by atoms with van der Waals surface area (Å²) in [5.74, 6) is 1.07. The van der Waals surface area contributed by atoms with E-state index in [9.17, 15) is 36.0 Å². The number of imide groups is 2. The van der Waals surface area contributed by atoms with Gasteiger partial charge in [-0.15, -0.1) is 11.3 Å². The molecular formula is C74H86N10O12S3. The standard InChI is InChI=1S/C37H44N6O6S.C37H42N4O6S2/c1-25(27-11-7-6-8-12-27)41-19-21-42(22-20-41)31-14-9-13-29-35(31)37(45)43(36(29)44)30(28-16-17-32(48-4)33(23-28)49-5)15-10-18-39-50(46,47)34-24-38-26(2)40(34)3;1-25-15-18-34(48-25)49(44,45)38-19-9-14-30(28-16-17-32(46-3)33(24-28)47-4)41-36(42)29-12-8-13-31(35(29)37(41)43)40-22-20-39(21-23-40)26(2)27-10-6-5-7-11-27/h6-9,11-14,16-17,23-25,30,39H,10,15,18-22H2,1-5H3;5-8,10-13,15-18,24,26,30,38H,9,14,19-23H2,1-4H3/t25-,30-;26-,30-/m11/s1. The Morgan fingerprint density at radius 3 is 1.29 bits per heavy atom. The number of hydrogen-bond donors (Lipinski definition) is 2. The summed E-state index contributed by atoms with van der Waals surface area (Å²) >= 11 is 1.21. The van der Waals surface area contributed by atoms with E-state index >= 15 is 0 Å². The highest BCUT2D eigenvalue weighted by Crippen LogP contribution is 2.44. The molecule has 0 radical (unpaired) electrons. The molecule has 4 aliphatic heterocycles. The summed E-state index contributed by atoms with van der Waals surface area (Å²) in [6.07, 6.45) is 2.68. The van der Waals surface area contributed by atoms with Crippen molar-refractivity contribution >= 4 is 66.4 Å². The quantitative estimate of drug-likeness (QED) is 0.0379. The number of sulfonamides is 2. The number of nitrogens with zero attached hydrogens (tertiary/aromatic N) is 8. The van der Waals surface area contributed by atoms with Gasteiger partial charge in [-0.1, -0.05) is 84.9 Å². The molecular weight excluding hydrogens is 1320 g/mol. The van der Waals surface area contributed by atoms with Crippen LogP contribution in [0.25, 0.3) is 0 Å². The van der Waals surface area contributed by atoms with Crippen molar-refractivity contribution < 1.29 is 55.0 Å². The highest BCUT2D eigenvalue weighted by Gasteiger charge is 2.45. The molecule has 6 heterocycles. The molecule has 522 valence electrons. The Morgan fingerprint density at radius 2 is 0.909 bits per heavy atom. The summed E-state index contributed by atoms with van der Waals surface area (Å²) in [5.41, 5.74) is 6.96. The molecule has 2 fully saturated rings. The second kappa shape index (κ2) is 31.1. The zero-order chi connectivity index (χ0) is 70.3. The number of methoxy groups -OCH3 is 4. The minimum atomic E-state index is -3.82. The second-order valence-corrected chi connectivity index (χ2v) is 30.0.